The van der Waals surface area contributed by atoms with Crippen molar-refractivity contribution in [3.63, 3.8) is 0 Å². The van der Waals surface area contributed by atoms with E-state index < -0.39 is 5.82 Å². The first-order chi connectivity index (χ1) is 12.9. The second-order valence-corrected chi connectivity index (χ2v) is 7.34. The second kappa shape index (κ2) is 6.77. The van der Waals surface area contributed by atoms with E-state index >= 15 is 0 Å². The van der Waals surface area contributed by atoms with Crippen LogP contribution >= 0.6 is 0 Å². The van der Waals surface area contributed by atoms with Crippen LogP contribution in [0.1, 0.15) is 24.1 Å². The normalized spacial score (nSPS) is 18.1. The van der Waals surface area contributed by atoms with Crippen molar-refractivity contribution < 1.29 is 9.50 Å². The molecule has 1 atom stereocenters. The number of phenolic OH excluding ortho intramolecular Hbond substituents is 1. The molecule has 0 aliphatic carbocycles. The Bertz CT molecular complexity index is 978. The van der Waals surface area contributed by atoms with Crippen LogP contribution in [0.15, 0.2) is 18.2 Å². The number of likely N-dealkylation sites (tertiary alicyclic amines) is 1. The van der Waals surface area contributed by atoms with Gasteiger partial charge in [0.05, 0.1) is 16.8 Å². The Hall–Kier alpha value is -2.74. The molecule has 4 rings (SSSR count). The lowest BCUT2D eigenvalue weighted by Gasteiger charge is -2.30. The van der Waals surface area contributed by atoms with Crippen molar-refractivity contribution in [2.75, 3.05) is 25.5 Å². The molecule has 1 aromatic carbocycles. The number of phenols is 1. The van der Waals surface area contributed by atoms with Crippen molar-refractivity contribution >= 4 is 11.5 Å². The highest BCUT2D eigenvalue weighted by atomic mass is 19.1. The first-order valence-electron chi connectivity index (χ1n) is 9.10. The minimum atomic E-state index is -0.530. The van der Waals surface area contributed by atoms with Crippen LogP contribution in [0.3, 0.4) is 0 Å². The SMILES string of the molecule is Cc1cc(O)c(-c2nnc(N[C@@H]3CCCN(C)C3)n3nc(C)cc23)c(F)c1. The number of rotatable bonds is 3. The van der Waals surface area contributed by atoms with Crippen molar-refractivity contribution in [3.8, 4) is 17.0 Å². The van der Waals surface area contributed by atoms with Gasteiger partial charge in [-0.15, -0.1) is 10.2 Å². The van der Waals surface area contributed by atoms with Crippen LogP contribution in [-0.2, 0) is 0 Å². The van der Waals surface area contributed by atoms with E-state index in [0.29, 0.717) is 17.0 Å². The maximum atomic E-state index is 14.6. The lowest BCUT2D eigenvalue weighted by molar-refractivity contribution is 0.260. The Morgan fingerprint density at radius 1 is 1.22 bits per heavy atom. The zero-order chi connectivity index (χ0) is 19.1. The average Bonchev–Trinajstić information content (AvgIpc) is 2.98. The molecule has 0 amide bonds. The Morgan fingerprint density at radius 2 is 2.04 bits per heavy atom. The summed E-state index contributed by atoms with van der Waals surface area (Å²) in [4.78, 5) is 2.27. The highest BCUT2D eigenvalue weighted by Crippen LogP contribution is 2.34. The highest BCUT2D eigenvalue weighted by Gasteiger charge is 2.22. The number of nitrogens with one attached hydrogen (secondary N) is 1. The summed E-state index contributed by atoms with van der Waals surface area (Å²) in [6.45, 7) is 5.59. The molecular formula is C19H23FN6O. The van der Waals surface area contributed by atoms with Crippen molar-refractivity contribution in [1.29, 1.82) is 0 Å². The fourth-order valence-electron chi connectivity index (χ4n) is 3.71. The van der Waals surface area contributed by atoms with Gasteiger partial charge in [-0.2, -0.15) is 9.61 Å². The predicted octanol–water partition coefficient (Wildman–Crippen LogP) is 2.76. The van der Waals surface area contributed by atoms with Crippen LogP contribution in [0.4, 0.5) is 10.3 Å². The van der Waals surface area contributed by atoms with Crippen LogP contribution in [-0.4, -0.2) is 56.0 Å². The molecule has 7 nitrogen and oxygen atoms in total. The molecular weight excluding hydrogens is 347 g/mol. The maximum Gasteiger partial charge on any atom is 0.244 e. The minimum absolute atomic E-state index is 0.0435. The van der Waals surface area contributed by atoms with Crippen molar-refractivity contribution in [2.24, 2.45) is 0 Å². The zero-order valence-electron chi connectivity index (χ0n) is 15.7. The molecule has 2 aromatic heterocycles. The quantitative estimate of drug-likeness (QED) is 0.738. The van der Waals surface area contributed by atoms with E-state index in [0.717, 1.165) is 31.6 Å². The first kappa shape index (κ1) is 17.7. The van der Waals surface area contributed by atoms with Gasteiger partial charge in [-0.05, 0) is 64.0 Å². The molecule has 1 aliphatic rings. The summed E-state index contributed by atoms with van der Waals surface area (Å²) in [5.41, 5.74) is 2.33. The van der Waals surface area contributed by atoms with E-state index in [4.69, 9.17) is 0 Å². The number of hydrogen-bond donors (Lipinski definition) is 2. The third kappa shape index (κ3) is 3.32. The van der Waals surface area contributed by atoms with E-state index in [1.54, 1.807) is 11.4 Å². The lowest BCUT2D eigenvalue weighted by Crippen LogP contribution is -2.40. The van der Waals surface area contributed by atoms with Gasteiger partial charge in [-0.25, -0.2) is 4.39 Å². The first-order valence-corrected chi connectivity index (χ1v) is 9.10. The minimum Gasteiger partial charge on any atom is -0.507 e. The van der Waals surface area contributed by atoms with E-state index in [1.165, 1.54) is 12.1 Å². The summed E-state index contributed by atoms with van der Waals surface area (Å²) in [6, 6.07) is 4.96. The number of aromatic nitrogens is 4. The maximum absolute atomic E-state index is 14.6. The van der Waals surface area contributed by atoms with Crippen LogP contribution in [0, 0.1) is 19.7 Å². The molecule has 1 fully saturated rings. The number of nitrogens with zero attached hydrogens (tertiary/aromatic N) is 5. The van der Waals surface area contributed by atoms with Gasteiger partial charge < -0.3 is 15.3 Å². The largest absolute Gasteiger partial charge is 0.507 e. The molecule has 0 radical (unpaired) electrons. The summed E-state index contributed by atoms with van der Waals surface area (Å²) in [6.07, 6.45) is 2.16. The topological polar surface area (TPSA) is 78.6 Å². The van der Waals surface area contributed by atoms with Crippen molar-refractivity contribution in [1.82, 2.24) is 24.7 Å². The molecule has 142 valence electrons. The van der Waals surface area contributed by atoms with Gasteiger partial charge in [-0.3, -0.25) is 0 Å². The molecule has 27 heavy (non-hydrogen) atoms. The number of halogens is 1. The molecule has 0 spiro atoms. The number of piperidine rings is 1. The summed E-state index contributed by atoms with van der Waals surface area (Å²) in [5, 5.41) is 26.7. The molecule has 0 bridgehead atoms. The molecule has 2 N–H and O–H groups in total. The number of benzene rings is 1. The number of fused-ring (bicyclic) bond motifs is 1. The van der Waals surface area contributed by atoms with Crippen LogP contribution in [0.2, 0.25) is 0 Å². The summed E-state index contributed by atoms with van der Waals surface area (Å²) in [5.74, 6) is -0.163. The van der Waals surface area contributed by atoms with Gasteiger partial charge in [0.25, 0.3) is 0 Å². The summed E-state index contributed by atoms with van der Waals surface area (Å²) >= 11 is 0. The Labute approximate surface area is 156 Å². The Balaban J connectivity index is 1.79. The van der Waals surface area contributed by atoms with Gasteiger partial charge in [0.15, 0.2) is 0 Å². The van der Waals surface area contributed by atoms with Crippen LogP contribution in [0.5, 0.6) is 5.75 Å². The zero-order valence-corrected chi connectivity index (χ0v) is 15.7. The molecule has 8 heteroatoms. The van der Waals surface area contributed by atoms with Gasteiger partial charge in [0.2, 0.25) is 5.95 Å². The molecule has 0 unspecified atom stereocenters. The van der Waals surface area contributed by atoms with E-state index in [1.807, 2.05) is 13.0 Å². The van der Waals surface area contributed by atoms with Gasteiger partial charge >= 0.3 is 0 Å². The predicted molar refractivity (Wildman–Crippen MR) is 101 cm³/mol. The monoisotopic (exact) mass is 370 g/mol. The van der Waals surface area contributed by atoms with Gasteiger partial charge in [-0.1, -0.05) is 0 Å². The summed E-state index contributed by atoms with van der Waals surface area (Å²) < 4.78 is 16.2. The van der Waals surface area contributed by atoms with E-state index in [2.05, 4.69) is 32.6 Å². The number of anilines is 1. The smallest absolute Gasteiger partial charge is 0.244 e. The molecule has 0 saturated carbocycles. The molecule has 1 aliphatic heterocycles. The van der Waals surface area contributed by atoms with Crippen LogP contribution < -0.4 is 5.32 Å². The summed E-state index contributed by atoms with van der Waals surface area (Å²) in [7, 11) is 2.10. The second-order valence-electron chi connectivity index (χ2n) is 7.34. The number of aromatic hydroxyl groups is 1. The van der Waals surface area contributed by atoms with E-state index in [9.17, 15) is 9.50 Å². The third-order valence-electron chi connectivity index (χ3n) is 4.93. The lowest BCUT2D eigenvalue weighted by atomic mass is 10.1. The fraction of sp³-hybridized carbons (Fsp3) is 0.421. The molecule has 3 aromatic rings. The number of aryl methyl sites for hydroxylation is 2. The van der Waals surface area contributed by atoms with Gasteiger partial charge in [0, 0.05) is 12.6 Å². The standard InChI is InChI=1S/C19H23FN6O/c1-11-7-14(20)17(16(27)8-11)18-15-9-12(2)24-26(15)19(23-22-18)21-13-5-4-6-25(3)10-13/h7-9,13,27H,4-6,10H2,1-3H3,(H,21,23)/t13-/m1/s1. The average molecular weight is 370 g/mol. The van der Waals surface area contributed by atoms with E-state index in [-0.39, 0.29) is 23.0 Å². The Kier molecular flexibility index (Phi) is 4.43. The highest BCUT2D eigenvalue weighted by molar-refractivity contribution is 5.81. The van der Waals surface area contributed by atoms with Crippen LogP contribution in [0.25, 0.3) is 16.8 Å². The Morgan fingerprint density at radius 3 is 2.78 bits per heavy atom. The van der Waals surface area contributed by atoms with Crippen molar-refractivity contribution in [2.45, 2.75) is 32.7 Å². The number of hydrogen-bond acceptors (Lipinski definition) is 6. The number of likely N-dealkylation sites (N-methyl/N-ethyl adjacent to an activating group) is 1. The van der Waals surface area contributed by atoms with Crippen molar-refractivity contribution in [3.05, 3.63) is 35.3 Å². The molecule has 1 saturated heterocycles. The third-order valence-corrected chi connectivity index (χ3v) is 4.93. The van der Waals surface area contributed by atoms with Gasteiger partial charge in [0.1, 0.15) is 17.3 Å². The molecule has 3 heterocycles. The fourth-order valence-corrected chi connectivity index (χ4v) is 3.71.